The van der Waals surface area contributed by atoms with Crippen LogP contribution in [0.15, 0.2) is 72.0 Å². The van der Waals surface area contributed by atoms with Crippen molar-refractivity contribution in [3.05, 3.63) is 83.9 Å². The number of aliphatic imine (C=N–C) groups is 1. The minimum atomic E-state index is 0.239. The molecule has 4 aromatic rings. The summed E-state index contributed by atoms with van der Waals surface area (Å²) < 4.78 is 0. The molecule has 1 aliphatic rings. The number of fused-ring (bicyclic) bond motifs is 5. The molecule has 4 heteroatoms. The summed E-state index contributed by atoms with van der Waals surface area (Å²) >= 11 is 0. The fourth-order valence-electron chi connectivity index (χ4n) is 4.93. The van der Waals surface area contributed by atoms with E-state index in [9.17, 15) is 4.79 Å². The molecule has 1 heterocycles. The fourth-order valence-corrected chi connectivity index (χ4v) is 4.93. The third-order valence-corrected chi connectivity index (χ3v) is 6.20. The van der Waals surface area contributed by atoms with E-state index >= 15 is 0 Å². The van der Waals surface area contributed by atoms with Gasteiger partial charge in [-0.3, -0.25) is 0 Å². The van der Waals surface area contributed by atoms with Crippen molar-refractivity contribution in [3.8, 4) is 0 Å². The molecule has 0 N–H and O–H groups in total. The second-order valence-electron chi connectivity index (χ2n) is 7.64. The van der Waals surface area contributed by atoms with Gasteiger partial charge in [0, 0.05) is 18.3 Å². The first-order valence-electron chi connectivity index (χ1n) is 10.1. The molecule has 0 fully saturated rings. The monoisotopic (exact) mass is 379 g/mol. The van der Waals surface area contributed by atoms with Crippen molar-refractivity contribution >= 4 is 27.6 Å². The van der Waals surface area contributed by atoms with Gasteiger partial charge < -0.3 is 0 Å². The third-order valence-electron chi connectivity index (χ3n) is 6.20. The minimum absolute atomic E-state index is 0.239. The molecule has 2 unspecified atom stereocenters. The highest BCUT2D eigenvalue weighted by Crippen LogP contribution is 2.46. The first kappa shape index (κ1) is 17.7. The van der Waals surface area contributed by atoms with Crippen LogP contribution in [0, 0.1) is 0 Å². The number of benzene rings is 3. The molecule has 142 valence electrons. The summed E-state index contributed by atoms with van der Waals surface area (Å²) in [5, 5.41) is 5.20. The second-order valence-corrected chi connectivity index (χ2v) is 7.64. The van der Waals surface area contributed by atoms with Crippen molar-refractivity contribution in [2.24, 2.45) is 4.99 Å². The number of hydrogen-bond donors (Lipinski definition) is 0. The molecule has 29 heavy (non-hydrogen) atoms. The van der Waals surface area contributed by atoms with Gasteiger partial charge in [0.15, 0.2) is 0 Å². The topological polar surface area (TPSA) is 55.2 Å². The number of rotatable bonds is 4. The Kier molecular flexibility index (Phi) is 4.63. The number of aromatic nitrogens is 2. The average Bonchev–Trinajstić information content (AvgIpc) is 2.79. The molecule has 1 aliphatic carbocycles. The van der Waals surface area contributed by atoms with Crippen LogP contribution in [-0.2, 0) is 11.2 Å². The van der Waals surface area contributed by atoms with Crippen LogP contribution in [0.4, 0.5) is 0 Å². The summed E-state index contributed by atoms with van der Waals surface area (Å²) in [6, 6.07) is 19.4. The predicted octanol–water partition coefficient (Wildman–Crippen LogP) is 5.32. The summed E-state index contributed by atoms with van der Waals surface area (Å²) in [6.45, 7) is 0.479. The minimum Gasteiger partial charge on any atom is -0.241 e. The molecule has 1 aromatic heterocycles. The fraction of sp³-hybridized carbons (Fsp3) is 0.240. The van der Waals surface area contributed by atoms with Gasteiger partial charge in [-0.05, 0) is 63.9 Å². The van der Waals surface area contributed by atoms with Crippen LogP contribution in [0.1, 0.15) is 41.6 Å². The Morgan fingerprint density at radius 1 is 0.931 bits per heavy atom. The van der Waals surface area contributed by atoms with Gasteiger partial charge in [0.2, 0.25) is 6.08 Å². The molecule has 0 saturated heterocycles. The molecular weight excluding hydrogens is 358 g/mol. The van der Waals surface area contributed by atoms with Crippen LogP contribution < -0.4 is 0 Å². The van der Waals surface area contributed by atoms with Gasteiger partial charge in [-0.25, -0.2) is 19.8 Å². The standard InChI is InChI=1S/C25H21N3O/c29-16-26-15-12-23-22-9-8-19-18-5-2-1-4-17(18)6-7-20(19)21(22)10-11-24(23)25-27-13-3-14-28-25/h1-9,13-14,23-24H,10-12,15H2. The molecule has 3 aromatic carbocycles. The lowest BCUT2D eigenvalue weighted by molar-refractivity contribution is 0.437. The zero-order valence-corrected chi connectivity index (χ0v) is 16.1. The summed E-state index contributed by atoms with van der Waals surface area (Å²) in [5.41, 5.74) is 2.76. The molecule has 0 saturated carbocycles. The van der Waals surface area contributed by atoms with E-state index in [0.29, 0.717) is 6.54 Å². The molecule has 0 aliphatic heterocycles. The van der Waals surface area contributed by atoms with Gasteiger partial charge in [0.05, 0.1) is 6.54 Å². The van der Waals surface area contributed by atoms with Crippen molar-refractivity contribution in [3.63, 3.8) is 0 Å². The number of aryl methyl sites for hydroxylation is 1. The first-order valence-corrected chi connectivity index (χ1v) is 10.1. The Balaban J connectivity index is 1.66. The van der Waals surface area contributed by atoms with E-state index in [2.05, 4.69) is 63.5 Å². The average molecular weight is 379 g/mol. The summed E-state index contributed by atoms with van der Waals surface area (Å²) in [4.78, 5) is 23.5. The van der Waals surface area contributed by atoms with Gasteiger partial charge in [-0.15, -0.1) is 0 Å². The zero-order valence-electron chi connectivity index (χ0n) is 16.1. The van der Waals surface area contributed by atoms with Crippen LogP contribution in [0.25, 0.3) is 21.5 Å². The quantitative estimate of drug-likeness (QED) is 0.274. The Morgan fingerprint density at radius 2 is 1.76 bits per heavy atom. The van der Waals surface area contributed by atoms with E-state index in [1.807, 2.05) is 18.5 Å². The van der Waals surface area contributed by atoms with Crippen LogP contribution in [-0.4, -0.2) is 22.6 Å². The first-order chi connectivity index (χ1) is 14.4. The second kappa shape index (κ2) is 7.57. The van der Waals surface area contributed by atoms with Crippen LogP contribution >= 0.6 is 0 Å². The molecule has 0 bridgehead atoms. The van der Waals surface area contributed by atoms with Gasteiger partial charge in [-0.2, -0.15) is 0 Å². The van der Waals surface area contributed by atoms with Gasteiger partial charge in [0.25, 0.3) is 0 Å². The number of isocyanates is 1. The highest BCUT2D eigenvalue weighted by atomic mass is 16.1. The van der Waals surface area contributed by atoms with Gasteiger partial charge >= 0.3 is 0 Å². The van der Waals surface area contributed by atoms with Crippen molar-refractivity contribution < 1.29 is 4.79 Å². The largest absolute Gasteiger partial charge is 0.241 e. The molecule has 0 spiro atoms. The Bertz CT molecular complexity index is 1230. The highest BCUT2D eigenvalue weighted by molar-refractivity contribution is 6.08. The van der Waals surface area contributed by atoms with Crippen molar-refractivity contribution in [1.29, 1.82) is 0 Å². The van der Waals surface area contributed by atoms with Crippen LogP contribution in [0.2, 0.25) is 0 Å². The summed E-state index contributed by atoms with van der Waals surface area (Å²) in [5.74, 6) is 1.37. The van der Waals surface area contributed by atoms with Crippen molar-refractivity contribution in [1.82, 2.24) is 9.97 Å². The Morgan fingerprint density at radius 3 is 2.62 bits per heavy atom. The lowest BCUT2D eigenvalue weighted by atomic mass is 9.71. The predicted molar refractivity (Wildman–Crippen MR) is 115 cm³/mol. The lowest BCUT2D eigenvalue weighted by Crippen LogP contribution is -2.22. The van der Waals surface area contributed by atoms with E-state index in [0.717, 1.165) is 25.1 Å². The molecule has 0 amide bonds. The SMILES string of the molecule is O=C=NCCC1c2ccc3c(ccc4ccccc43)c2CCC1c1ncccn1. The third kappa shape index (κ3) is 3.12. The zero-order chi connectivity index (χ0) is 19.6. The molecule has 4 nitrogen and oxygen atoms in total. The molecule has 5 rings (SSSR count). The van der Waals surface area contributed by atoms with E-state index in [4.69, 9.17) is 0 Å². The van der Waals surface area contributed by atoms with Crippen molar-refractivity contribution in [2.45, 2.75) is 31.1 Å². The maximum Gasteiger partial charge on any atom is 0.234 e. The van der Waals surface area contributed by atoms with E-state index < -0.39 is 0 Å². The van der Waals surface area contributed by atoms with Crippen LogP contribution in [0.3, 0.4) is 0 Å². The Labute approximate surface area is 169 Å². The lowest BCUT2D eigenvalue weighted by Gasteiger charge is -2.33. The van der Waals surface area contributed by atoms with E-state index in [-0.39, 0.29) is 11.8 Å². The number of hydrogen-bond acceptors (Lipinski definition) is 4. The summed E-state index contributed by atoms with van der Waals surface area (Å²) in [6.07, 6.45) is 8.10. The molecule has 0 radical (unpaired) electrons. The van der Waals surface area contributed by atoms with Gasteiger partial charge in [0.1, 0.15) is 5.82 Å². The maximum atomic E-state index is 10.6. The smallest absolute Gasteiger partial charge is 0.234 e. The van der Waals surface area contributed by atoms with E-state index in [1.165, 1.54) is 32.7 Å². The number of nitrogens with zero attached hydrogens (tertiary/aromatic N) is 3. The van der Waals surface area contributed by atoms with Crippen LogP contribution in [0.5, 0.6) is 0 Å². The number of carbonyl (C=O) groups excluding carboxylic acids is 1. The normalized spacial score (nSPS) is 18.3. The van der Waals surface area contributed by atoms with Gasteiger partial charge in [-0.1, -0.05) is 48.5 Å². The molecular formula is C25H21N3O. The Hall–Kier alpha value is -3.36. The maximum absolute atomic E-state index is 10.6. The van der Waals surface area contributed by atoms with E-state index in [1.54, 1.807) is 6.08 Å². The van der Waals surface area contributed by atoms with Crippen molar-refractivity contribution in [2.75, 3.05) is 6.54 Å². The highest BCUT2D eigenvalue weighted by Gasteiger charge is 2.33. The molecule has 2 atom stereocenters. The summed E-state index contributed by atoms with van der Waals surface area (Å²) in [7, 11) is 0.